The molecule has 3 heterocycles. The lowest BCUT2D eigenvalue weighted by Gasteiger charge is -2.35. The summed E-state index contributed by atoms with van der Waals surface area (Å²) in [5, 5.41) is 0. The summed E-state index contributed by atoms with van der Waals surface area (Å²) in [6, 6.07) is 8.76. The van der Waals surface area contributed by atoms with E-state index in [1.807, 2.05) is 0 Å². The average molecular weight is 381 g/mol. The Hall–Kier alpha value is -1.98. The number of hydrogen-bond acceptors (Lipinski definition) is 5. The highest BCUT2D eigenvalue weighted by Gasteiger charge is 2.28. The van der Waals surface area contributed by atoms with Crippen LogP contribution in [0.15, 0.2) is 30.5 Å². The molecule has 1 fully saturated rings. The first-order valence-electron chi connectivity index (χ1n) is 10.7. The summed E-state index contributed by atoms with van der Waals surface area (Å²) in [5.41, 5.74) is 3.81. The van der Waals surface area contributed by atoms with E-state index in [0.29, 0.717) is 6.04 Å². The quantitative estimate of drug-likeness (QED) is 0.758. The molecule has 0 aliphatic carbocycles. The van der Waals surface area contributed by atoms with Gasteiger partial charge in [0.2, 0.25) is 0 Å². The van der Waals surface area contributed by atoms with E-state index in [4.69, 9.17) is 14.7 Å². The number of piperidine rings is 1. The number of para-hydroxylation sites is 1. The number of nitrogens with zero attached hydrogens (tertiary/aromatic N) is 4. The van der Waals surface area contributed by atoms with E-state index in [0.717, 1.165) is 63.6 Å². The monoisotopic (exact) mass is 380 g/mol. The summed E-state index contributed by atoms with van der Waals surface area (Å²) in [7, 11) is 2.16. The van der Waals surface area contributed by atoms with Crippen LogP contribution in [0.5, 0.6) is 5.75 Å². The Morgan fingerprint density at radius 3 is 2.96 bits per heavy atom. The smallest absolute Gasteiger partial charge is 0.145 e. The van der Waals surface area contributed by atoms with Gasteiger partial charge in [-0.3, -0.25) is 4.90 Å². The largest absolute Gasteiger partial charge is 0.493 e. The van der Waals surface area contributed by atoms with Crippen LogP contribution < -0.4 is 4.74 Å². The Morgan fingerprint density at radius 1 is 1.18 bits per heavy atom. The van der Waals surface area contributed by atoms with Gasteiger partial charge >= 0.3 is 0 Å². The molecule has 1 aromatic heterocycles. The van der Waals surface area contributed by atoms with Crippen molar-refractivity contribution in [3.8, 4) is 5.75 Å². The molecule has 150 valence electrons. The predicted molar refractivity (Wildman–Crippen MR) is 111 cm³/mol. The molecular formula is C23H32N4O. The SMILES string of the molecule is CCCOc1ccccc1CN1CCCC[C@H]1c1ncc2c(n1)CCN(C)C2. The van der Waals surface area contributed by atoms with Crippen molar-refractivity contribution in [2.24, 2.45) is 0 Å². The fourth-order valence-corrected chi connectivity index (χ4v) is 4.31. The summed E-state index contributed by atoms with van der Waals surface area (Å²) < 4.78 is 5.99. The lowest BCUT2D eigenvalue weighted by Crippen LogP contribution is -2.35. The number of aromatic nitrogens is 2. The van der Waals surface area contributed by atoms with Crippen molar-refractivity contribution in [1.82, 2.24) is 19.8 Å². The van der Waals surface area contributed by atoms with Crippen LogP contribution in [0.1, 0.15) is 61.3 Å². The molecule has 2 aliphatic heterocycles. The number of hydrogen-bond donors (Lipinski definition) is 0. The van der Waals surface area contributed by atoms with E-state index < -0.39 is 0 Å². The van der Waals surface area contributed by atoms with Crippen LogP contribution in [-0.2, 0) is 19.5 Å². The molecule has 1 aromatic carbocycles. The van der Waals surface area contributed by atoms with Gasteiger partial charge in [-0.1, -0.05) is 31.5 Å². The Labute approximate surface area is 168 Å². The van der Waals surface area contributed by atoms with Crippen molar-refractivity contribution in [1.29, 1.82) is 0 Å². The third-order valence-electron chi connectivity index (χ3n) is 5.86. The van der Waals surface area contributed by atoms with E-state index in [1.165, 1.54) is 29.7 Å². The molecule has 1 saturated heterocycles. The van der Waals surface area contributed by atoms with Gasteiger partial charge in [0.25, 0.3) is 0 Å². The van der Waals surface area contributed by atoms with Gasteiger partial charge in [0.1, 0.15) is 11.6 Å². The van der Waals surface area contributed by atoms with Crippen LogP contribution in [-0.4, -0.2) is 46.5 Å². The molecule has 2 aromatic rings. The zero-order valence-electron chi connectivity index (χ0n) is 17.2. The van der Waals surface area contributed by atoms with Gasteiger partial charge in [-0.25, -0.2) is 9.97 Å². The maximum atomic E-state index is 5.99. The number of likely N-dealkylation sites (tertiary alicyclic amines) is 1. The van der Waals surface area contributed by atoms with Crippen LogP contribution in [0.3, 0.4) is 0 Å². The number of benzene rings is 1. The van der Waals surface area contributed by atoms with Crippen molar-refractivity contribution in [2.75, 3.05) is 26.7 Å². The molecule has 0 unspecified atom stereocenters. The lowest BCUT2D eigenvalue weighted by molar-refractivity contribution is 0.131. The molecule has 5 nitrogen and oxygen atoms in total. The average Bonchev–Trinajstić information content (AvgIpc) is 2.73. The number of rotatable bonds is 6. The second-order valence-corrected chi connectivity index (χ2v) is 8.13. The van der Waals surface area contributed by atoms with E-state index in [2.05, 4.69) is 54.2 Å². The Balaban J connectivity index is 1.54. The summed E-state index contributed by atoms with van der Waals surface area (Å²) in [6.07, 6.45) is 7.75. The van der Waals surface area contributed by atoms with Crippen molar-refractivity contribution >= 4 is 0 Å². The lowest BCUT2D eigenvalue weighted by atomic mass is 9.99. The van der Waals surface area contributed by atoms with Gasteiger partial charge < -0.3 is 9.64 Å². The van der Waals surface area contributed by atoms with E-state index in [9.17, 15) is 0 Å². The van der Waals surface area contributed by atoms with Crippen LogP contribution in [0, 0.1) is 0 Å². The first-order chi connectivity index (χ1) is 13.7. The third-order valence-corrected chi connectivity index (χ3v) is 5.86. The van der Waals surface area contributed by atoms with Crippen molar-refractivity contribution in [3.05, 3.63) is 53.1 Å². The highest BCUT2D eigenvalue weighted by Crippen LogP contribution is 2.32. The minimum absolute atomic E-state index is 0.304. The van der Waals surface area contributed by atoms with E-state index in [-0.39, 0.29) is 0 Å². The Kier molecular flexibility index (Phi) is 6.23. The molecule has 2 aliphatic rings. The summed E-state index contributed by atoms with van der Waals surface area (Å²) in [4.78, 5) is 14.7. The minimum atomic E-state index is 0.304. The fourth-order valence-electron chi connectivity index (χ4n) is 4.31. The van der Waals surface area contributed by atoms with E-state index in [1.54, 1.807) is 0 Å². The first-order valence-corrected chi connectivity index (χ1v) is 10.7. The van der Waals surface area contributed by atoms with Gasteiger partial charge in [0.05, 0.1) is 12.6 Å². The maximum absolute atomic E-state index is 5.99. The van der Waals surface area contributed by atoms with Crippen LogP contribution >= 0.6 is 0 Å². The highest BCUT2D eigenvalue weighted by molar-refractivity contribution is 5.33. The molecule has 4 rings (SSSR count). The van der Waals surface area contributed by atoms with Gasteiger partial charge in [-0.05, 0) is 38.9 Å². The number of ether oxygens (including phenoxy) is 1. The van der Waals surface area contributed by atoms with Gasteiger partial charge in [-0.15, -0.1) is 0 Å². The molecule has 5 heteroatoms. The van der Waals surface area contributed by atoms with Crippen molar-refractivity contribution in [3.63, 3.8) is 0 Å². The third kappa shape index (κ3) is 4.36. The normalized spacial score (nSPS) is 20.7. The summed E-state index contributed by atoms with van der Waals surface area (Å²) in [6.45, 7) is 6.95. The van der Waals surface area contributed by atoms with Crippen LogP contribution in [0.2, 0.25) is 0 Å². The molecule has 28 heavy (non-hydrogen) atoms. The minimum Gasteiger partial charge on any atom is -0.493 e. The van der Waals surface area contributed by atoms with Crippen molar-refractivity contribution in [2.45, 2.75) is 58.2 Å². The zero-order valence-corrected chi connectivity index (χ0v) is 17.2. The predicted octanol–water partition coefficient (Wildman–Crippen LogP) is 3.98. The van der Waals surface area contributed by atoms with Gasteiger partial charge in [-0.2, -0.15) is 0 Å². The number of likely N-dealkylation sites (N-methyl/N-ethyl adjacent to an activating group) is 1. The molecule has 0 amide bonds. The van der Waals surface area contributed by atoms with Gasteiger partial charge in [0, 0.05) is 49.1 Å². The summed E-state index contributed by atoms with van der Waals surface area (Å²) in [5.74, 6) is 2.03. The second-order valence-electron chi connectivity index (χ2n) is 8.13. The molecule has 1 atom stereocenters. The molecule has 0 spiro atoms. The topological polar surface area (TPSA) is 41.5 Å². The zero-order chi connectivity index (χ0) is 19.3. The number of fused-ring (bicyclic) bond motifs is 1. The van der Waals surface area contributed by atoms with Crippen LogP contribution in [0.25, 0.3) is 0 Å². The first kappa shape index (κ1) is 19.3. The maximum Gasteiger partial charge on any atom is 0.145 e. The highest BCUT2D eigenvalue weighted by atomic mass is 16.5. The fraction of sp³-hybridized carbons (Fsp3) is 0.565. The standard InChI is InChI=1S/C23H32N4O/c1-3-14-28-22-10-5-4-8-18(22)17-27-12-7-6-9-21(27)23-24-15-19-16-26(2)13-11-20(19)25-23/h4-5,8,10,15,21H,3,6-7,9,11-14,16-17H2,1-2H3/t21-/m0/s1. The Bertz CT molecular complexity index is 794. The Morgan fingerprint density at radius 2 is 2.07 bits per heavy atom. The van der Waals surface area contributed by atoms with E-state index >= 15 is 0 Å². The molecular weight excluding hydrogens is 348 g/mol. The second kappa shape index (κ2) is 9.01. The van der Waals surface area contributed by atoms with Gasteiger partial charge in [0.15, 0.2) is 0 Å². The molecule has 0 radical (unpaired) electrons. The molecule has 0 bridgehead atoms. The van der Waals surface area contributed by atoms with Crippen LogP contribution in [0.4, 0.5) is 0 Å². The van der Waals surface area contributed by atoms with Crippen molar-refractivity contribution < 1.29 is 4.74 Å². The summed E-state index contributed by atoms with van der Waals surface area (Å²) >= 11 is 0. The molecule has 0 N–H and O–H groups in total. The molecule has 0 saturated carbocycles.